The molecule has 2 rings (SSSR count). The first kappa shape index (κ1) is 19.0. The summed E-state index contributed by atoms with van der Waals surface area (Å²) in [6.45, 7) is 5.46. The van der Waals surface area contributed by atoms with Crippen LogP contribution in [0.25, 0.3) is 0 Å². The zero-order valence-electron chi connectivity index (χ0n) is 15.0. The molecule has 2 aromatic rings. The number of nitrogens with one attached hydrogen (secondary N) is 1. The van der Waals surface area contributed by atoms with Crippen LogP contribution in [0.2, 0.25) is 0 Å². The molecular formula is C19H24N2O3S. The van der Waals surface area contributed by atoms with Gasteiger partial charge in [-0.15, -0.1) is 0 Å². The lowest BCUT2D eigenvalue weighted by molar-refractivity contribution is -0.116. The number of aryl methyl sites for hydroxylation is 2. The number of nitrogens with zero attached hydrogens (tertiary/aromatic N) is 1. The summed E-state index contributed by atoms with van der Waals surface area (Å²) < 4.78 is 28.3. The molecule has 0 aliphatic rings. The van der Waals surface area contributed by atoms with Crippen molar-refractivity contribution in [2.45, 2.75) is 38.5 Å². The monoisotopic (exact) mass is 360 g/mol. The van der Waals surface area contributed by atoms with Crippen molar-refractivity contribution in [1.29, 1.82) is 0 Å². The van der Waals surface area contributed by atoms with E-state index in [4.69, 9.17) is 0 Å². The van der Waals surface area contributed by atoms with Crippen LogP contribution in [0.1, 0.15) is 31.9 Å². The van der Waals surface area contributed by atoms with Gasteiger partial charge in [-0.05, 0) is 48.2 Å². The van der Waals surface area contributed by atoms with Crippen molar-refractivity contribution in [3.63, 3.8) is 0 Å². The van der Waals surface area contributed by atoms with Crippen molar-refractivity contribution in [2.75, 3.05) is 16.7 Å². The summed E-state index contributed by atoms with van der Waals surface area (Å²) >= 11 is 0. The first-order chi connectivity index (χ1) is 11.8. The second-order valence-electron chi connectivity index (χ2n) is 5.84. The highest BCUT2D eigenvalue weighted by Crippen LogP contribution is 2.26. The van der Waals surface area contributed by atoms with Gasteiger partial charge in [-0.3, -0.25) is 9.52 Å². The van der Waals surface area contributed by atoms with Gasteiger partial charge in [0.05, 0.1) is 10.6 Å². The summed E-state index contributed by atoms with van der Waals surface area (Å²) in [5.41, 5.74) is 3.25. The molecule has 0 aromatic heterocycles. The minimum atomic E-state index is -3.69. The van der Waals surface area contributed by atoms with Gasteiger partial charge in [-0.2, -0.15) is 0 Å². The lowest BCUT2D eigenvalue weighted by Gasteiger charge is -2.17. The SMILES string of the molecule is CCc1cccc(CC)c1NS(=O)(=O)c1ccc(N(C)C(C)=O)cc1. The summed E-state index contributed by atoms with van der Waals surface area (Å²) in [4.78, 5) is 13.0. The molecule has 0 radical (unpaired) electrons. The van der Waals surface area contributed by atoms with Gasteiger partial charge < -0.3 is 4.90 Å². The number of hydrogen-bond acceptors (Lipinski definition) is 3. The molecule has 0 aliphatic carbocycles. The Morgan fingerprint density at radius 1 is 1.00 bits per heavy atom. The highest BCUT2D eigenvalue weighted by atomic mass is 32.2. The zero-order valence-corrected chi connectivity index (χ0v) is 15.9. The summed E-state index contributed by atoms with van der Waals surface area (Å²) in [6.07, 6.45) is 1.49. The van der Waals surface area contributed by atoms with Gasteiger partial charge in [0.1, 0.15) is 0 Å². The molecule has 0 bridgehead atoms. The molecule has 0 fully saturated rings. The number of hydrogen-bond donors (Lipinski definition) is 1. The van der Waals surface area contributed by atoms with Crippen LogP contribution in [0.5, 0.6) is 0 Å². The summed E-state index contributed by atoms with van der Waals surface area (Å²) in [6, 6.07) is 12.1. The number of anilines is 2. The van der Waals surface area contributed by atoms with Crippen LogP contribution in [0, 0.1) is 0 Å². The lowest BCUT2D eigenvalue weighted by Crippen LogP contribution is -2.23. The van der Waals surface area contributed by atoms with Crippen LogP contribution < -0.4 is 9.62 Å². The van der Waals surface area contributed by atoms with Gasteiger partial charge in [0.2, 0.25) is 5.91 Å². The van der Waals surface area contributed by atoms with Crippen LogP contribution in [-0.4, -0.2) is 21.4 Å². The Balaban J connectivity index is 2.36. The third-order valence-electron chi connectivity index (χ3n) is 4.24. The van der Waals surface area contributed by atoms with E-state index in [1.165, 1.54) is 24.0 Å². The van der Waals surface area contributed by atoms with E-state index in [1.54, 1.807) is 19.2 Å². The van der Waals surface area contributed by atoms with E-state index in [0.717, 1.165) is 24.0 Å². The average Bonchev–Trinajstić information content (AvgIpc) is 2.61. The number of amides is 1. The molecule has 0 atom stereocenters. The van der Waals surface area contributed by atoms with Crippen LogP contribution >= 0.6 is 0 Å². The van der Waals surface area contributed by atoms with Gasteiger partial charge in [-0.1, -0.05) is 32.0 Å². The van der Waals surface area contributed by atoms with Gasteiger partial charge in [0, 0.05) is 19.7 Å². The maximum Gasteiger partial charge on any atom is 0.261 e. The van der Waals surface area contributed by atoms with Crippen molar-refractivity contribution in [1.82, 2.24) is 0 Å². The molecule has 0 spiro atoms. The van der Waals surface area contributed by atoms with Gasteiger partial charge >= 0.3 is 0 Å². The summed E-state index contributed by atoms with van der Waals surface area (Å²) in [7, 11) is -2.05. The quantitative estimate of drug-likeness (QED) is 0.856. The third-order valence-corrected chi connectivity index (χ3v) is 5.61. The Kier molecular flexibility index (Phi) is 5.85. The van der Waals surface area contributed by atoms with E-state index >= 15 is 0 Å². The van der Waals surface area contributed by atoms with Crippen molar-refractivity contribution < 1.29 is 13.2 Å². The minimum absolute atomic E-state index is 0.113. The molecule has 2 aromatic carbocycles. The van der Waals surface area contributed by atoms with E-state index < -0.39 is 10.0 Å². The molecule has 6 heteroatoms. The largest absolute Gasteiger partial charge is 0.316 e. The standard InChI is InChI=1S/C19H24N2O3S/c1-5-15-8-7-9-16(6-2)19(15)20-25(23,24)18-12-10-17(11-13-18)21(4)14(3)22/h7-13,20H,5-6H2,1-4H3. The molecule has 0 saturated carbocycles. The maximum absolute atomic E-state index is 12.8. The van der Waals surface area contributed by atoms with Crippen molar-refractivity contribution in [2.24, 2.45) is 0 Å². The van der Waals surface area contributed by atoms with Crippen LogP contribution in [0.4, 0.5) is 11.4 Å². The highest BCUT2D eigenvalue weighted by Gasteiger charge is 2.18. The Morgan fingerprint density at radius 2 is 1.52 bits per heavy atom. The summed E-state index contributed by atoms with van der Waals surface area (Å²) in [5, 5.41) is 0. The van der Waals surface area contributed by atoms with Crippen molar-refractivity contribution in [3.05, 3.63) is 53.6 Å². The van der Waals surface area contributed by atoms with Crippen molar-refractivity contribution >= 4 is 27.3 Å². The molecule has 0 unspecified atom stereocenters. The van der Waals surface area contributed by atoms with E-state index in [-0.39, 0.29) is 10.8 Å². The predicted octanol–water partition coefficient (Wildman–Crippen LogP) is 3.59. The number of rotatable bonds is 6. The number of sulfonamides is 1. The molecule has 25 heavy (non-hydrogen) atoms. The number of carbonyl (C=O) groups is 1. The normalized spacial score (nSPS) is 11.2. The Morgan fingerprint density at radius 3 is 1.96 bits per heavy atom. The predicted molar refractivity (Wildman–Crippen MR) is 102 cm³/mol. The fourth-order valence-electron chi connectivity index (χ4n) is 2.60. The Bertz CT molecular complexity index is 836. The second-order valence-corrected chi connectivity index (χ2v) is 7.52. The first-order valence-corrected chi connectivity index (χ1v) is 9.76. The van der Waals surface area contributed by atoms with Crippen LogP contribution in [0.15, 0.2) is 47.4 Å². The van der Waals surface area contributed by atoms with Gasteiger partial charge in [-0.25, -0.2) is 8.42 Å². The van der Waals surface area contributed by atoms with Gasteiger partial charge in [0.25, 0.3) is 10.0 Å². The fraction of sp³-hybridized carbons (Fsp3) is 0.316. The fourth-order valence-corrected chi connectivity index (χ4v) is 3.74. The molecular weight excluding hydrogens is 336 g/mol. The van der Waals surface area contributed by atoms with E-state index in [9.17, 15) is 13.2 Å². The van der Waals surface area contributed by atoms with Crippen molar-refractivity contribution in [3.8, 4) is 0 Å². The lowest BCUT2D eigenvalue weighted by atomic mass is 10.0. The molecule has 0 heterocycles. The Labute approximate surface area is 149 Å². The maximum atomic E-state index is 12.8. The average molecular weight is 360 g/mol. The van der Waals surface area contributed by atoms with E-state index in [0.29, 0.717) is 11.4 Å². The molecule has 5 nitrogen and oxygen atoms in total. The van der Waals surface area contributed by atoms with Gasteiger partial charge in [0.15, 0.2) is 0 Å². The van der Waals surface area contributed by atoms with E-state index in [1.807, 2.05) is 32.0 Å². The molecule has 0 aliphatic heterocycles. The minimum Gasteiger partial charge on any atom is -0.316 e. The zero-order chi connectivity index (χ0) is 18.6. The van der Waals surface area contributed by atoms with Crippen LogP contribution in [0.3, 0.4) is 0 Å². The summed E-state index contributed by atoms with van der Waals surface area (Å²) in [5.74, 6) is -0.113. The van der Waals surface area contributed by atoms with E-state index in [2.05, 4.69) is 4.72 Å². The highest BCUT2D eigenvalue weighted by molar-refractivity contribution is 7.92. The number of para-hydroxylation sites is 1. The smallest absolute Gasteiger partial charge is 0.261 e. The first-order valence-electron chi connectivity index (χ1n) is 8.28. The second kappa shape index (κ2) is 7.70. The molecule has 0 saturated heterocycles. The van der Waals surface area contributed by atoms with Crippen LogP contribution in [-0.2, 0) is 27.7 Å². The Hall–Kier alpha value is -2.34. The topological polar surface area (TPSA) is 66.5 Å². The molecule has 134 valence electrons. The number of benzene rings is 2. The molecule has 1 N–H and O–H groups in total. The molecule has 1 amide bonds. The third kappa shape index (κ3) is 4.20. The number of carbonyl (C=O) groups excluding carboxylic acids is 1.